The fourth-order valence-corrected chi connectivity index (χ4v) is 4.61. The SMILES string of the molecule is CCCNC(=O)[C@H](Cc1ccccc1)N(Cc1ccccc1F)C(=O)CCSc1ccc(C)cc1. The van der Waals surface area contributed by atoms with Crippen molar-refractivity contribution in [3.63, 3.8) is 0 Å². The molecule has 0 bridgehead atoms. The van der Waals surface area contributed by atoms with Crippen LogP contribution in [0.15, 0.2) is 83.8 Å². The quantitative estimate of drug-likeness (QED) is 0.326. The molecular weight excluding hydrogens is 459 g/mol. The minimum atomic E-state index is -0.736. The third kappa shape index (κ3) is 8.25. The summed E-state index contributed by atoms with van der Waals surface area (Å²) >= 11 is 1.60. The highest BCUT2D eigenvalue weighted by atomic mass is 32.2. The summed E-state index contributed by atoms with van der Waals surface area (Å²) in [6.45, 7) is 4.58. The molecule has 184 valence electrons. The largest absolute Gasteiger partial charge is 0.354 e. The Bertz CT molecular complexity index is 1090. The number of thioether (sulfide) groups is 1. The van der Waals surface area contributed by atoms with E-state index in [1.807, 2.05) is 68.4 Å². The first-order valence-electron chi connectivity index (χ1n) is 12.0. The summed E-state index contributed by atoms with van der Waals surface area (Å²) in [7, 11) is 0. The van der Waals surface area contributed by atoms with Crippen LogP contribution < -0.4 is 5.32 Å². The molecule has 0 spiro atoms. The standard InChI is InChI=1S/C29H33FN2O2S/c1-3-18-31-29(34)27(20-23-9-5-4-6-10-23)32(21-24-11-7-8-12-26(24)30)28(33)17-19-35-25-15-13-22(2)14-16-25/h4-16,27H,3,17-21H2,1-2H3,(H,31,34)/t27-/m0/s1. The van der Waals surface area contributed by atoms with Gasteiger partial charge in [0.25, 0.3) is 0 Å². The van der Waals surface area contributed by atoms with Crippen LogP contribution in [-0.4, -0.2) is 35.1 Å². The zero-order chi connectivity index (χ0) is 25.0. The van der Waals surface area contributed by atoms with E-state index < -0.39 is 6.04 Å². The smallest absolute Gasteiger partial charge is 0.243 e. The van der Waals surface area contributed by atoms with Crippen molar-refractivity contribution in [3.05, 3.63) is 101 Å². The number of nitrogens with one attached hydrogen (secondary N) is 1. The van der Waals surface area contributed by atoms with Gasteiger partial charge in [0, 0.05) is 42.1 Å². The Hall–Kier alpha value is -3.12. The van der Waals surface area contributed by atoms with Crippen LogP contribution in [0.2, 0.25) is 0 Å². The first kappa shape index (κ1) is 26.5. The summed E-state index contributed by atoms with van der Waals surface area (Å²) in [5.41, 5.74) is 2.53. The predicted molar refractivity (Wildman–Crippen MR) is 141 cm³/mol. The molecule has 3 rings (SSSR count). The molecule has 0 radical (unpaired) electrons. The maximum atomic E-state index is 14.6. The molecule has 0 unspecified atom stereocenters. The molecule has 0 saturated heterocycles. The molecule has 0 aliphatic rings. The van der Waals surface area contributed by atoms with E-state index in [-0.39, 0.29) is 30.6 Å². The lowest BCUT2D eigenvalue weighted by molar-refractivity contribution is -0.141. The maximum Gasteiger partial charge on any atom is 0.243 e. The number of amides is 2. The molecule has 35 heavy (non-hydrogen) atoms. The average Bonchev–Trinajstić information content (AvgIpc) is 2.87. The molecule has 6 heteroatoms. The number of carbonyl (C=O) groups excluding carboxylic acids is 2. The van der Waals surface area contributed by atoms with Gasteiger partial charge in [-0.2, -0.15) is 0 Å². The van der Waals surface area contributed by atoms with Gasteiger partial charge >= 0.3 is 0 Å². The Balaban J connectivity index is 1.83. The third-order valence-electron chi connectivity index (χ3n) is 5.72. The lowest BCUT2D eigenvalue weighted by Gasteiger charge is -2.31. The van der Waals surface area contributed by atoms with Crippen molar-refractivity contribution in [2.75, 3.05) is 12.3 Å². The van der Waals surface area contributed by atoms with Gasteiger partial charge < -0.3 is 10.2 Å². The minimum absolute atomic E-state index is 0.0394. The monoisotopic (exact) mass is 492 g/mol. The number of hydrogen-bond acceptors (Lipinski definition) is 3. The van der Waals surface area contributed by atoms with Gasteiger partial charge in [0.05, 0.1) is 0 Å². The van der Waals surface area contributed by atoms with Gasteiger partial charge in [0.1, 0.15) is 11.9 Å². The molecule has 1 N–H and O–H groups in total. The van der Waals surface area contributed by atoms with Gasteiger partial charge in [0.15, 0.2) is 0 Å². The second-order valence-electron chi connectivity index (χ2n) is 8.52. The van der Waals surface area contributed by atoms with Gasteiger partial charge in [-0.25, -0.2) is 4.39 Å². The van der Waals surface area contributed by atoms with E-state index in [1.165, 1.54) is 11.6 Å². The molecule has 4 nitrogen and oxygen atoms in total. The lowest BCUT2D eigenvalue weighted by Crippen LogP contribution is -2.50. The molecule has 0 fully saturated rings. The van der Waals surface area contributed by atoms with Crippen molar-refractivity contribution in [1.82, 2.24) is 10.2 Å². The van der Waals surface area contributed by atoms with Crippen molar-refractivity contribution < 1.29 is 14.0 Å². The highest BCUT2D eigenvalue weighted by molar-refractivity contribution is 7.99. The highest BCUT2D eigenvalue weighted by Gasteiger charge is 2.30. The number of rotatable bonds is 12. The van der Waals surface area contributed by atoms with Crippen LogP contribution in [0.1, 0.15) is 36.5 Å². The summed E-state index contributed by atoms with van der Waals surface area (Å²) < 4.78 is 14.6. The van der Waals surface area contributed by atoms with Gasteiger partial charge in [-0.05, 0) is 37.1 Å². The Morgan fingerprint density at radius 1 is 0.971 bits per heavy atom. The minimum Gasteiger partial charge on any atom is -0.354 e. The Kier molecular flexibility index (Phi) is 10.4. The first-order chi connectivity index (χ1) is 17.0. The third-order valence-corrected chi connectivity index (χ3v) is 6.74. The van der Waals surface area contributed by atoms with Crippen molar-refractivity contribution in [1.29, 1.82) is 0 Å². The van der Waals surface area contributed by atoms with E-state index in [1.54, 1.807) is 34.9 Å². The van der Waals surface area contributed by atoms with Crippen LogP contribution in [0.25, 0.3) is 0 Å². The molecule has 1 atom stereocenters. The van der Waals surface area contributed by atoms with E-state index in [0.29, 0.717) is 24.3 Å². The molecule has 3 aromatic rings. The Labute approximate surface area is 211 Å². The molecule has 3 aromatic carbocycles. The van der Waals surface area contributed by atoms with Gasteiger partial charge in [0.2, 0.25) is 11.8 Å². The molecule has 0 aromatic heterocycles. The topological polar surface area (TPSA) is 49.4 Å². The first-order valence-corrected chi connectivity index (χ1v) is 13.0. The van der Waals surface area contributed by atoms with Crippen molar-refractivity contribution in [2.45, 2.75) is 50.6 Å². The van der Waals surface area contributed by atoms with Crippen molar-refractivity contribution >= 4 is 23.6 Å². The van der Waals surface area contributed by atoms with Gasteiger partial charge in [-0.3, -0.25) is 9.59 Å². The number of hydrogen-bond donors (Lipinski definition) is 1. The predicted octanol–water partition coefficient (Wildman–Crippen LogP) is 5.78. The normalized spacial score (nSPS) is 11.6. The summed E-state index contributed by atoms with van der Waals surface area (Å²) in [6.07, 6.45) is 1.40. The summed E-state index contributed by atoms with van der Waals surface area (Å²) in [5, 5.41) is 2.94. The van der Waals surface area contributed by atoms with Crippen LogP contribution in [0.3, 0.4) is 0 Å². The van der Waals surface area contributed by atoms with E-state index in [4.69, 9.17) is 0 Å². The van der Waals surface area contributed by atoms with Gasteiger partial charge in [-0.1, -0.05) is 73.2 Å². The fraction of sp³-hybridized carbons (Fsp3) is 0.310. The zero-order valence-corrected chi connectivity index (χ0v) is 21.2. The lowest BCUT2D eigenvalue weighted by atomic mass is 10.0. The average molecular weight is 493 g/mol. The molecule has 0 saturated carbocycles. The number of benzene rings is 3. The van der Waals surface area contributed by atoms with Crippen LogP contribution >= 0.6 is 11.8 Å². The van der Waals surface area contributed by atoms with Crippen molar-refractivity contribution in [2.24, 2.45) is 0 Å². The van der Waals surface area contributed by atoms with Crippen molar-refractivity contribution in [3.8, 4) is 0 Å². The van der Waals surface area contributed by atoms with Crippen LogP contribution in [-0.2, 0) is 22.6 Å². The maximum absolute atomic E-state index is 14.6. The number of nitrogens with zero attached hydrogens (tertiary/aromatic N) is 1. The number of aryl methyl sites for hydroxylation is 1. The second kappa shape index (κ2) is 13.7. The zero-order valence-electron chi connectivity index (χ0n) is 20.4. The number of halogens is 1. The van der Waals surface area contributed by atoms with Gasteiger partial charge in [-0.15, -0.1) is 11.8 Å². The highest BCUT2D eigenvalue weighted by Crippen LogP contribution is 2.22. The summed E-state index contributed by atoms with van der Waals surface area (Å²) in [5.74, 6) is -0.191. The van der Waals surface area contributed by atoms with E-state index >= 15 is 0 Å². The van der Waals surface area contributed by atoms with E-state index in [9.17, 15) is 14.0 Å². The molecule has 0 aliphatic heterocycles. The van der Waals surface area contributed by atoms with E-state index in [2.05, 4.69) is 5.32 Å². The fourth-order valence-electron chi connectivity index (χ4n) is 3.76. The second-order valence-corrected chi connectivity index (χ2v) is 9.69. The molecule has 2 amide bonds. The molecular formula is C29H33FN2O2S. The number of carbonyl (C=O) groups is 2. The summed E-state index contributed by atoms with van der Waals surface area (Å²) in [6, 6.07) is 23.5. The van der Waals surface area contributed by atoms with Crippen LogP contribution in [0.5, 0.6) is 0 Å². The van der Waals surface area contributed by atoms with Crippen LogP contribution in [0, 0.1) is 12.7 Å². The Morgan fingerprint density at radius 2 is 1.66 bits per heavy atom. The summed E-state index contributed by atoms with van der Waals surface area (Å²) in [4.78, 5) is 29.4. The van der Waals surface area contributed by atoms with E-state index in [0.717, 1.165) is 16.9 Å². The Morgan fingerprint density at radius 3 is 2.34 bits per heavy atom. The molecule has 0 aliphatic carbocycles. The van der Waals surface area contributed by atoms with Crippen LogP contribution in [0.4, 0.5) is 4.39 Å². The molecule has 0 heterocycles.